The van der Waals surface area contributed by atoms with Gasteiger partial charge in [0, 0.05) is 17.1 Å². The van der Waals surface area contributed by atoms with Crippen molar-refractivity contribution in [2.45, 2.75) is 33.2 Å². The Kier molecular flexibility index (Phi) is 3.44. The highest BCUT2D eigenvalue weighted by Gasteiger charge is 2.36. The van der Waals surface area contributed by atoms with E-state index in [0.717, 1.165) is 45.1 Å². The predicted octanol–water partition coefficient (Wildman–Crippen LogP) is 5.49. The van der Waals surface area contributed by atoms with Crippen molar-refractivity contribution in [1.82, 2.24) is 19.7 Å². The van der Waals surface area contributed by atoms with E-state index in [1.54, 1.807) is 12.3 Å². The molecular formula is C21H19ClFN5. The molecule has 2 N–H and O–H groups in total. The lowest BCUT2D eigenvalue weighted by molar-refractivity contribution is 0.535. The molecule has 5 rings (SSSR count). The first-order valence-corrected chi connectivity index (χ1v) is 9.47. The Balaban J connectivity index is 1.86. The molecule has 5 nitrogen and oxygen atoms in total. The highest BCUT2D eigenvalue weighted by atomic mass is 35.5. The molecule has 0 bridgehead atoms. The van der Waals surface area contributed by atoms with Crippen molar-refractivity contribution in [1.29, 1.82) is 0 Å². The van der Waals surface area contributed by atoms with E-state index in [0.29, 0.717) is 10.5 Å². The number of anilines is 1. The van der Waals surface area contributed by atoms with Gasteiger partial charge in [0.05, 0.1) is 27.5 Å². The molecule has 0 saturated heterocycles. The van der Waals surface area contributed by atoms with Crippen molar-refractivity contribution in [3.63, 3.8) is 0 Å². The van der Waals surface area contributed by atoms with Gasteiger partial charge in [-0.1, -0.05) is 17.7 Å². The fourth-order valence-corrected chi connectivity index (χ4v) is 4.60. The van der Waals surface area contributed by atoms with Gasteiger partial charge < -0.3 is 10.3 Å². The average molecular weight is 396 g/mol. The number of aromatic nitrogens is 4. The summed E-state index contributed by atoms with van der Waals surface area (Å²) in [5.74, 6) is 1.38. The van der Waals surface area contributed by atoms with Crippen LogP contribution in [0.25, 0.3) is 27.7 Å². The highest BCUT2D eigenvalue weighted by molar-refractivity contribution is 6.34. The largest absolute Gasteiger partial charge is 0.371 e. The molecule has 0 atom stereocenters. The van der Waals surface area contributed by atoms with Gasteiger partial charge in [-0.05, 0) is 57.0 Å². The summed E-state index contributed by atoms with van der Waals surface area (Å²) in [6.07, 6.45) is 1.74. The van der Waals surface area contributed by atoms with Crippen molar-refractivity contribution in [2.24, 2.45) is 0 Å². The molecular weight excluding hydrogens is 377 g/mol. The molecule has 0 fully saturated rings. The van der Waals surface area contributed by atoms with Crippen LogP contribution < -0.4 is 5.32 Å². The van der Waals surface area contributed by atoms with Crippen LogP contribution in [0.15, 0.2) is 30.5 Å². The van der Waals surface area contributed by atoms with E-state index in [9.17, 15) is 4.39 Å². The highest BCUT2D eigenvalue weighted by Crippen LogP contribution is 2.46. The molecule has 0 aliphatic carbocycles. The lowest BCUT2D eigenvalue weighted by Crippen LogP contribution is -2.36. The van der Waals surface area contributed by atoms with Crippen LogP contribution in [0.3, 0.4) is 0 Å². The van der Waals surface area contributed by atoms with Gasteiger partial charge in [0.15, 0.2) is 5.82 Å². The number of aryl methyl sites for hydroxylation is 1. The summed E-state index contributed by atoms with van der Waals surface area (Å²) in [7, 11) is 0. The van der Waals surface area contributed by atoms with E-state index in [4.69, 9.17) is 11.6 Å². The number of hydrogen-bond acceptors (Lipinski definition) is 3. The molecule has 142 valence electrons. The fraction of sp³-hybridized carbons (Fsp3) is 0.238. The van der Waals surface area contributed by atoms with Crippen molar-refractivity contribution < 1.29 is 4.39 Å². The third-order valence-corrected chi connectivity index (χ3v) is 5.79. The van der Waals surface area contributed by atoms with E-state index in [1.165, 1.54) is 6.07 Å². The van der Waals surface area contributed by atoms with Gasteiger partial charge in [-0.15, -0.1) is 10.2 Å². The monoisotopic (exact) mass is 395 g/mol. The fourth-order valence-electron chi connectivity index (χ4n) is 4.25. The van der Waals surface area contributed by atoms with E-state index < -0.39 is 0 Å². The van der Waals surface area contributed by atoms with Gasteiger partial charge >= 0.3 is 0 Å². The number of halogens is 2. The maximum absolute atomic E-state index is 14.2. The minimum atomic E-state index is -0.380. The van der Waals surface area contributed by atoms with Gasteiger partial charge in [0.2, 0.25) is 0 Å². The molecule has 28 heavy (non-hydrogen) atoms. The molecule has 3 heterocycles. The number of hydrogen-bond donors (Lipinski definition) is 2. The van der Waals surface area contributed by atoms with Gasteiger partial charge in [0.1, 0.15) is 11.6 Å². The second-order valence-electron chi connectivity index (χ2n) is 7.77. The van der Waals surface area contributed by atoms with Crippen molar-refractivity contribution in [3.05, 3.63) is 58.5 Å². The third-order valence-electron chi connectivity index (χ3n) is 5.49. The number of fused-ring (bicyclic) bond motifs is 4. The summed E-state index contributed by atoms with van der Waals surface area (Å²) < 4.78 is 16.3. The van der Waals surface area contributed by atoms with E-state index in [1.807, 2.05) is 26.0 Å². The van der Waals surface area contributed by atoms with Crippen molar-refractivity contribution >= 4 is 28.2 Å². The second kappa shape index (κ2) is 5.58. The zero-order chi connectivity index (χ0) is 19.8. The molecule has 0 saturated carbocycles. The summed E-state index contributed by atoms with van der Waals surface area (Å²) in [6.45, 7) is 8.11. The molecule has 4 aromatic rings. The molecule has 1 aliphatic rings. The Hall–Kier alpha value is -2.86. The molecule has 0 radical (unpaired) electrons. The Morgan fingerprint density at radius 3 is 2.71 bits per heavy atom. The van der Waals surface area contributed by atoms with Gasteiger partial charge in [-0.25, -0.2) is 4.39 Å². The van der Waals surface area contributed by atoms with Gasteiger partial charge in [0.25, 0.3) is 0 Å². The number of rotatable bonds is 1. The molecule has 0 amide bonds. The van der Waals surface area contributed by atoms with E-state index >= 15 is 0 Å². The summed E-state index contributed by atoms with van der Waals surface area (Å²) >= 11 is 6.76. The van der Waals surface area contributed by atoms with E-state index in [2.05, 4.69) is 38.9 Å². The van der Waals surface area contributed by atoms with Crippen LogP contribution in [0.4, 0.5) is 10.1 Å². The summed E-state index contributed by atoms with van der Waals surface area (Å²) in [5.41, 5.74) is 4.76. The van der Waals surface area contributed by atoms with Crippen LogP contribution >= 0.6 is 11.6 Å². The summed E-state index contributed by atoms with van der Waals surface area (Å²) in [4.78, 5) is 2.97. The molecule has 0 unspecified atom stereocenters. The molecule has 0 spiro atoms. The molecule has 2 aromatic heterocycles. The number of nitrogens with zero attached hydrogens (tertiary/aromatic N) is 3. The van der Waals surface area contributed by atoms with E-state index in [-0.39, 0.29) is 11.4 Å². The van der Waals surface area contributed by atoms with Crippen LogP contribution in [-0.2, 0) is 5.54 Å². The Bertz CT molecular complexity index is 1270. The number of nitrogens with one attached hydrogen (secondary N) is 2. The average Bonchev–Trinajstić information content (AvgIpc) is 3.25. The van der Waals surface area contributed by atoms with Crippen molar-refractivity contribution in [2.75, 3.05) is 5.32 Å². The van der Waals surface area contributed by atoms with Gasteiger partial charge in [-0.3, -0.25) is 4.57 Å². The Morgan fingerprint density at radius 1 is 1.14 bits per heavy atom. The third kappa shape index (κ3) is 2.18. The topological polar surface area (TPSA) is 58.5 Å². The maximum atomic E-state index is 14.2. The number of benzene rings is 2. The molecule has 2 aromatic carbocycles. The number of H-pyrrole nitrogens is 1. The van der Waals surface area contributed by atoms with Crippen molar-refractivity contribution in [3.8, 4) is 16.8 Å². The SMILES string of the molecule is Cc1c(-c2ccc(F)c3[nH]ccc23)c(Cl)cc2c1-n1c(C)nnc1C(C)(C)N2. The lowest BCUT2D eigenvalue weighted by atomic mass is 9.92. The normalized spacial score (nSPS) is 14.6. The van der Waals surface area contributed by atoms with Crippen LogP contribution in [0, 0.1) is 19.7 Å². The maximum Gasteiger partial charge on any atom is 0.162 e. The zero-order valence-electron chi connectivity index (χ0n) is 16.0. The van der Waals surface area contributed by atoms with Crippen LogP contribution in [0.5, 0.6) is 0 Å². The quantitative estimate of drug-likeness (QED) is 0.448. The minimum Gasteiger partial charge on any atom is -0.371 e. The van der Waals surface area contributed by atoms with Crippen LogP contribution in [0.1, 0.15) is 31.1 Å². The smallest absolute Gasteiger partial charge is 0.162 e. The first-order valence-electron chi connectivity index (χ1n) is 9.09. The predicted molar refractivity (Wildman–Crippen MR) is 110 cm³/mol. The number of aromatic amines is 1. The van der Waals surface area contributed by atoms with Gasteiger partial charge in [-0.2, -0.15) is 0 Å². The second-order valence-corrected chi connectivity index (χ2v) is 8.18. The Morgan fingerprint density at radius 2 is 1.93 bits per heavy atom. The zero-order valence-corrected chi connectivity index (χ0v) is 16.7. The van der Waals surface area contributed by atoms with Crippen LogP contribution in [-0.4, -0.2) is 19.7 Å². The summed E-state index contributed by atoms with van der Waals surface area (Å²) in [5, 5.41) is 13.6. The lowest BCUT2D eigenvalue weighted by Gasteiger charge is -2.35. The molecule has 7 heteroatoms. The molecule has 1 aliphatic heterocycles. The minimum absolute atomic E-state index is 0.282. The van der Waals surface area contributed by atoms with Crippen LogP contribution in [0.2, 0.25) is 5.02 Å². The first-order chi connectivity index (χ1) is 13.3. The standard InChI is InChI=1S/C21H19ClFN5/c1-10-17(12-5-6-15(23)18-13(12)7-8-24-18)14(22)9-16-19(10)28-11(2)26-27-20(28)21(3,4)25-16/h5-9,24-25H,1-4H3. The first kappa shape index (κ1) is 17.3. The summed E-state index contributed by atoms with van der Waals surface area (Å²) in [6, 6.07) is 7.07. The Labute approximate surface area is 166 Å².